The van der Waals surface area contributed by atoms with Gasteiger partial charge in [-0.05, 0) is 35.4 Å². The average Bonchev–Trinajstić information content (AvgIpc) is 2.32. The summed E-state index contributed by atoms with van der Waals surface area (Å²) < 4.78 is 26.2. The number of halogens is 3. The molecule has 4 heteroatoms. The molecule has 0 saturated heterocycles. The van der Waals surface area contributed by atoms with Crippen LogP contribution >= 0.6 is 15.9 Å². The lowest BCUT2D eigenvalue weighted by Crippen LogP contribution is -2.03. The molecule has 0 heterocycles. The summed E-state index contributed by atoms with van der Waals surface area (Å²) in [5.74, 6) is -0.671. The molecule has 1 N–H and O–H groups in total. The number of rotatable bonds is 3. The van der Waals surface area contributed by atoms with Crippen LogP contribution in [0.4, 0.5) is 8.78 Å². The van der Waals surface area contributed by atoms with Gasteiger partial charge in [0.1, 0.15) is 11.6 Å². The highest BCUT2D eigenvalue weighted by Gasteiger charge is 2.12. The molecular weight excluding hydrogens is 302 g/mol. The van der Waals surface area contributed by atoms with E-state index in [0.717, 1.165) is 5.56 Å². The van der Waals surface area contributed by atoms with Crippen LogP contribution in [-0.2, 0) is 6.42 Å². The minimum Gasteiger partial charge on any atom is -0.388 e. The molecule has 0 amide bonds. The van der Waals surface area contributed by atoms with Gasteiger partial charge in [0.2, 0.25) is 0 Å². The molecule has 2 aromatic rings. The number of aliphatic hydroxyl groups excluding tert-OH is 1. The number of benzene rings is 2. The molecule has 0 fully saturated rings. The number of hydrogen-bond acceptors (Lipinski definition) is 1. The van der Waals surface area contributed by atoms with Gasteiger partial charge in [0.25, 0.3) is 0 Å². The Hall–Kier alpha value is -1.26. The summed E-state index contributed by atoms with van der Waals surface area (Å²) in [5, 5.41) is 10.1. The maximum Gasteiger partial charge on any atom is 0.124 e. The summed E-state index contributed by atoms with van der Waals surface area (Å²) in [5.41, 5.74) is 1.43. The van der Waals surface area contributed by atoms with Gasteiger partial charge in [-0.1, -0.05) is 34.1 Å². The Kier molecular flexibility index (Phi) is 4.09. The monoisotopic (exact) mass is 312 g/mol. The van der Waals surface area contributed by atoms with E-state index in [1.807, 2.05) is 0 Å². The Morgan fingerprint density at radius 2 is 1.61 bits per heavy atom. The molecule has 0 aliphatic carbocycles. The Balaban J connectivity index is 2.16. The molecule has 0 saturated carbocycles. The molecule has 0 aliphatic heterocycles. The molecule has 0 bridgehead atoms. The van der Waals surface area contributed by atoms with Crippen molar-refractivity contribution in [2.45, 2.75) is 12.5 Å². The van der Waals surface area contributed by atoms with Gasteiger partial charge < -0.3 is 5.11 Å². The summed E-state index contributed by atoms with van der Waals surface area (Å²) >= 11 is 3.21. The molecule has 0 aliphatic rings. The third-order valence-corrected chi connectivity index (χ3v) is 3.35. The lowest BCUT2D eigenvalue weighted by molar-refractivity contribution is 0.177. The normalized spacial score (nSPS) is 12.4. The summed E-state index contributed by atoms with van der Waals surface area (Å²) in [6, 6.07) is 10.1. The van der Waals surface area contributed by atoms with Crippen molar-refractivity contribution >= 4 is 15.9 Å². The summed E-state index contributed by atoms with van der Waals surface area (Å²) in [6.45, 7) is 0. The fourth-order valence-electron chi connectivity index (χ4n) is 1.73. The van der Waals surface area contributed by atoms with Crippen molar-refractivity contribution in [3.05, 3.63) is 69.7 Å². The van der Waals surface area contributed by atoms with E-state index in [1.54, 1.807) is 12.1 Å². The molecule has 2 rings (SSSR count). The van der Waals surface area contributed by atoms with Crippen molar-refractivity contribution in [3.63, 3.8) is 0 Å². The van der Waals surface area contributed by atoms with Gasteiger partial charge in [-0.25, -0.2) is 8.78 Å². The highest BCUT2D eigenvalue weighted by atomic mass is 79.9. The smallest absolute Gasteiger partial charge is 0.124 e. The highest BCUT2D eigenvalue weighted by molar-refractivity contribution is 9.10. The van der Waals surface area contributed by atoms with E-state index >= 15 is 0 Å². The van der Waals surface area contributed by atoms with Crippen LogP contribution < -0.4 is 0 Å². The van der Waals surface area contributed by atoms with Gasteiger partial charge in [-0.3, -0.25) is 0 Å². The zero-order valence-corrected chi connectivity index (χ0v) is 11.0. The minimum absolute atomic E-state index is 0.309. The van der Waals surface area contributed by atoms with Crippen molar-refractivity contribution in [1.29, 1.82) is 0 Å². The first-order valence-electron chi connectivity index (χ1n) is 5.44. The largest absolute Gasteiger partial charge is 0.388 e. The molecule has 0 aromatic heterocycles. The molecule has 1 atom stereocenters. The van der Waals surface area contributed by atoms with Crippen LogP contribution in [-0.4, -0.2) is 5.11 Å². The van der Waals surface area contributed by atoms with Crippen molar-refractivity contribution in [2.75, 3.05) is 0 Å². The van der Waals surface area contributed by atoms with Crippen LogP contribution in [0.5, 0.6) is 0 Å². The Morgan fingerprint density at radius 1 is 1.00 bits per heavy atom. The first-order valence-corrected chi connectivity index (χ1v) is 6.23. The Morgan fingerprint density at radius 3 is 2.22 bits per heavy atom. The lowest BCUT2D eigenvalue weighted by Gasteiger charge is -2.13. The van der Waals surface area contributed by atoms with Crippen molar-refractivity contribution < 1.29 is 13.9 Å². The first kappa shape index (κ1) is 13.2. The van der Waals surface area contributed by atoms with Gasteiger partial charge in [-0.15, -0.1) is 0 Å². The van der Waals surface area contributed by atoms with Crippen LogP contribution in [0.25, 0.3) is 0 Å². The number of hydrogen-bond donors (Lipinski definition) is 1. The first-order chi connectivity index (χ1) is 8.56. The van der Waals surface area contributed by atoms with E-state index in [0.29, 0.717) is 16.5 Å². The van der Waals surface area contributed by atoms with Crippen molar-refractivity contribution in [1.82, 2.24) is 0 Å². The van der Waals surface area contributed by atoms with Crippen molar-refractivity contribution in [3.8, 4) is 0 Å². The summed E-state index contributed by atoms with van der Waals surface area (Å²) in [7, 11) is 0. The second-order valence-corrected chi connectivity index (χ2v) is 4.87. The van der Waals surface area contributed by atoms with Crippen LogP contribution in [0, 0.1) is 11.6 Å². The van der Waals surface area contributed by atoms with Crippen LogP contribution in [0.2, 0.25) is 0 Å². The quantitative estimate of drug-likeness (QED) is 0.908. The van der Waals surface area contributed by atoms with Crippen LogP contribution in [0.3, 0.4) is 0 Å². The third kappa shape index (κ3) is 3.15. The molecule has 94 valence electrons. The molecular formula is C14H11BrF2O. The average molecular weight is 313 g/mol. The van der Waals surface area contributed by atoms with E-state index in [-0.39, 0.29) is 11.6 Å². The molecule has 1 nitrogen and oxygen atoms in total. The van der Waals surface area contributed by atoms with Gasteiger partial charge in [0, 0.05) is 10.9 Å². The molecule has 1 unspecified atom stereocenters. The second-order valence-electron chi connectivity index (χ2n) is 4.01. The van der Waals surface area contributed by atoms with E-state index in [4.69, 9.17) is 0 Å². The SMILES string of the molecule is OC(Cc1ccc(F)cc1)c1ccc(F)cc1Br. The van der Waals surface area contributed by atoms with Gasteiger partial charge in [-0.2, -0.15) is 0 Å². The van der Waals surface area contributed by atoms with Crippen molar-refractivity contribution in [2.24, 2.45) is 0 Å². The van der Waals surface area contributed by atoms with Gasteiger partial charge in [0.15, 0.2) is 0 Å². The van der Waals surface area contributed by atoms with Crippen LogP contribution in [0.15, 0.2) is 46.9 Å². The topological polar surface area (TPSA) is 20.2 Å². The zero-order chi connectivity index (χ0) is 13.1. The van der Waals surface area contributed by atoms with E-state index < -0.39 is 6.10 Å². The van der Waals surface area contributed by atoms with Crippen LogP contribution in [0.1, 0.15) is 17.2 Å². The summed E-state index contributed by atoms with van der Waals surface area (Å²) in [4.78, 5) is 0. The standard InChI is InChI=1S/C14H11BrF2O/c15-13-8-11(17)5-6-12(13)14(18)7-9-1-3-10(16)4-2-9/h1-6,8,14,18H,7H2. The predicted octanol–water partition coefficient (Wildman–Crippen LogP) is 4.00. The highest BCUT2D eigenvalue weighted by Crippen LogP contribution is 2.26. The summed E-state index contributed by atoms with van der Waals surface area (Å²) in [6.07, 6.45) is -0.407. The lowest BCUT2D eigenvalue weighted by atomic mass is 10.0. The predicted molar refractivity (Wildman–Crippen MR) is 69.2 cm³/mol. The van der Waals surface area contributed by atoms with E-state index in [1.165, 1.54) is 30.3 Å². The molecule has 0 spiro atoms. The Labute approximate surface area is 112 Å². The van der Waals surface area contributed by atoms with Gasteiger partial charge in [0.05, 0.1) is 6.10 Å². The second kappa shape index (κ2) is 5.59. The minimum atomic E-state index is -0.759. The molecule has 0 radical (unpaired) electrons. The van der Waals surface area contributed by atoms with E-state index in [9.17, 15) is 13.9 Å². The molecule has 18 heavy (non-hydrogen) atoms. The maximum atomic E-state index is 12.9. The maximum absolute atomic E-state index is 12.9. The number of aliphatic hydroxyl groups is 1. The molecule has 2 aromatic carbocycles. The fourth-order valence-corrected chi connectivity index (χ4v) is 2.34. The van der Waals surface area contributed by atoms with Gasteiger partial charge >= 0.3 is 0 Å². The Bertz CT molecular complexity index is 540. The van der Waals surface area contributed by atoms with E-state index in [2.05, 4.69) is 15.9 Å². The fraction of sp³-hybridized carbons (Fsp3) is 0.143. The zero-order valence-electron chi connectivity index (χ0n) is 9.41. The third-order valence-electron chi connectivity index (χ3n) is 2.66.